The van der Waals surface area contributed by atoms with E-state index in [4.69, 9.17) is 9.47 Å². The molecule has 26 heavy (non-hydrogen) atoms. The van der Waals surface area contributed by atoms with E-state index in [2.05, 4.69) is 5.32 Å². The lowest BCUT2D eigenvalue weighted by molar-refractivity contribution is -0.156. The minimum absolute atomic E-state index is 0.213. The predicted molar refractivity (Wildman–Crippen MR) is 93.3 cm³/mol. The van der Waals surface area contributed by atoms with Crippen LogP contribution in [-0.4, -0.2) is 49.0 Å². The molecule has 4 atom stereocenters. The smallest absolute Gasteiger partial charge is 0.327 e. The molecule has 2 heterocycles. The highest BCUT2D eigenvalue weighted by atomic mass is 16.5. The Balaban J connectivity index is 2.07. The molecule has 1 aromatic rings. The first-order valence-electron chi connectivity index (χ1n) is 8.81. The number of rotatable bonds is 5. The van der Waals surface area contributed by atoms with Crippen LogP contribution in [0.15, 0.2) is 24.3 Å². The van der Waals surface area contributed by atoms with E-state index in [1.54, 1.807) is 26.2 Å². The van der Waals surface area contributed by atoms with E-state index >= 15 is 0 Å². The lowest BCUT2D eigenvalue weighted by Crippen LogP contribution is -2.55. The topological polar surface area (TPSA) is 84.9 Å². The zero-order valence-electron chi connectivity index (χ0n) is 15.4. The number of methoxy groups -OCH3 is 1. The molecule has 2 aliphatic heterocycles. The lowest BCUT2D eigenvalue weighted by Gasteiger charge is -2.31. The molecule has 7 nitrogen and oxygen atoms in total. The third-order valence-corrected chi connectivity index (χ3v) is 5.55. The van der Waals surface area contributed by atoms with Crippen LogP contribution in [0, 0.1) is 11.8 Å². The van der Waals surface area contributed by atoms with Crippen LogP contribution in [0.3, 0.4) is 0 Å². The first-order valence-corrected chi connectivity index (χ1v) is 8.81. The summed E-state index contributed by atoms with van der Waals surface area (Å²) >= 11 is 0. The molecule has 0 saturated carbocycles. The highest BCUT2D eigenvalue weighted by Gasteiger charge is 2.67. The Bertz CT molecular complexity index is 732. The van der Waals surface area contributed by atoms with Crippen LogP contribution in [0.25, 0.3) is 0 Å². The number of carbonyl (C=O) groups is 3. The van der Waals surface area contributed by atoms with Crippen LogP contribution in [0.5, 0.6) is 5.75 Å². The quantitative estimate of drug-likeness (QED) is 0.629. The molecule has 0 unspecified atom stereocenters. The van der Waals surface area contributed by atoms with Crippen molar-refractivity contribution in [3.8, 4) is 5.75 Å². The second-order valence-corrected chi connectivity index (χ2v) is 6.68. The highest BCUT2D eigenvalue weighted by molar-refractivity contribution is 6.09. The van der Waals surface area contributed by atoms with E-state index < -0.39 is 29.4 Å². The molecule has 7 heteroatoms. The number of hydrogen-bond donors (Lipinski definition) is 1. The van der Waals surface area contributed by atoms with Crippen LogP contribution in [0.1, 0.15) is 31.9 Å². The standard InChI is InChI=1S/C19H24N2O5/c1-5-19(18(24)26-6-2)14-13(16(22)21(3)17(14)23)15(20-19)11-7-9-12(25-4)10-8-11/h7-10,13-15,20H,5-6H2,1-4H3/t13-,14-,15+,19+/m0/s1. The second kappa shape index (κ2) is 6.72. The summed E-state index contributed by atoms with van der Waals surface area (Å²) in [4.78, 5) is 39.5. The number of fused-ring (bicyclic) bond motifs is 1. The lowest BCUT2D eigenvalue weighted by atomic mass is 9.78. The summed E-state index contributed by atoms with van der Waals surface area (Å²) in [7, 11) is 3.05. The number of imide groups is 1. The summed E-state index contributed by atoms with van der Waals surface area (Å²) in [5.41, 5.74) is -0.375. The Morgan fingerprint density at radius 1 is 1.19 bits per heavy atom. The van der Waals surface area contributed by atoms with Gasteiger partial charge < -0.3 is 9.47 Å². The van der Waals surface area contributed by atoms with Gasteiger partial charge in [0.25, 0.3) is 0 Å². The van der Waals surface area contributed by atoms with Gasteiger partial charge in [-0.1, -0.05) is 19.1 Å². The first kappa shape index (κ1) is 18.4. The normalized spacial score (nSPS) is 30.5. The molecule has 1 aromatic carbocycles. The van der Waals surface area contributed by atoms with Gasteiger partial charge in [0.15, 0.2) is 0 Å². The molecular weight excluding hydrogens is 336 g/mol. The van der Waals surface area contributed by atoms with E-state index in [0.717, 1.165) is 10.5 Å². The summed E-state index contributed by atoms with van der Waals surface area (Å²) in [5, 5.41) is 3.29. The molecule has 1 N–H and O–H groups in total. The summed E-state index contributed by atoms with van der Waals surface area (Å²) in [5.74, 6) is -1.79. The van der Waals surface area contributed by atoms with Gasteiger partial charge in [0, 0.05) is 13.1 Å². The van der Waals surface area contributed by atoms with Gasteiger partial charge in [0.05, 0.1) is 25.6 Å². The minimum Gasteiger partial charge on any atom is -0.497 e. The summed E-state index contributed by atoms with van der Waals surface area (Å²) in [6, 6.07) is 6.85. The first-order chi connectivity index (χ1) is 12.4. The Kier molecular flexibility index (Phi) is 4.75. The van der Waals surface area contributed by atoms with Crippen LogP contribution in [0.2, 0.25) is 0 Å². The van der Waals surface area contributed by atoms with E-state index in [-0.39, 0.29) is 18.4 Å². The zero-order valence-corrected chi connectivity index (χ0v) is 15.4. The molecule has 0 spiro atoms. The van der Waals surface area contributed by atoms with Gasteiger partial charge in [-0.05, 0) is 31.0 Å². The molecule has 0 bridgehead atoms. The number of esters is 1. The van der Waals surface area contributed by atoms with Crippen molar-refractivity contribution in [1.29, 1.82) is 0 Å². The van der Waals surface area contributed by atoms with E-state index in [9.17, 15) is 14.4 Å². The fraction of sp³-hybridized carbons (Fsp3) is 0.526. The van der Waals surface area contributed by atoms with E-state index in [1.165, 1.54) is 7.05 Å². The van der Waals surface area contributed by atoms with Crippen LogP contribution >= 0.6 is 0 Å². The van der Waals surface area contributed by atoms with Crippen LogP contribution in [0.4, 0.5) is 0 Å². The summed E-state index contributed by atoms with van der Waals surface area (Å²) < 4.78 is 10.4. The summed E-state index contributed by atoms with van der Waals surface area (Å²) in [6.07, 6.45) is 0.354. The SMILES string of the molecule is CCOC(=O)[C@]1(CC)N[C@H](c2ccc(OC)cc2)[C@H]2C(=O)N(C)C(=O)[C@H]21. The van der Waals surface area contributed by atoms with Gasteiger partial charge >= 0.3 is 5.97 Å². The zero-order chi connectivity index (χ0) is 19.1. The number of benzene rings is 1. The van der Waals surface area contributed by atoms with Crippen molar-refractivity contribution in [1.82, 2.24) is 10.2 Å². The molecule has 0 aliphatic carbocycles. The maximum Gasteiger partial charge on any atom is 0.327 e. The van der Waals surface area contributed by atoms with Gasteiger partial charge in [0.2, 0.25) is 11.8 Å². The molecular formula is C19H24N2O5. The third kappa shape index (κ3) is 2.49. The molecule has 2 fully saturated rings. The predicted octanol–water partition coefficient (Wildman–Crippen LogP) is 1.28. The van der Waals surface area contributed by atoms with Crippen molar-refractivity contribution in [2.75, 3.05) is 20.8 Å². The van der Waals surface area contributed by atoms with Gasteiger partial charge in [-0.3, -0.25) is 24.6 Å². The Hall–Kier alpha value is -2.41. The van der Waals surface area contributed by atoms with Gasteiger partial charge in [-0.2, -0.15) is 0 Å². The number of hydrogen-bond acceptors (Lipinski definition) is 6. The number of carbonyl (C=O) groups excluding carboxylic acids is 3. The van der Waals surface area contributed by atoms with Crippen molar-refractivity contribution in [3.63, 3.8) is 0 Å². The molecule has 3 rings (SSSR count). The van der Waals surface area contributed by atoms with Crippen molar-refractivity contribution >= 4 is 17.8 Å². The molecule has 2 saturated heterocycles. The number of nitrogens with zero attached hydrogens (tertiary/aromatic N) is 1. The third-order valence-electron chi connectivity index (χ3n) is 5.55. The minimum atomic E-state index is -1.21. The monoisotopic (exact) mass is 360 g/mol. The maximum absolute atomic E-state index is 12.8. The Morgan fingerprint density at radius 3 is 2.38 bits per heavy atom. The fourth-order valence-corrected chi connectivity index (χ4v) is 4.16. The molecule has 2 amide bonds. The Morgan fingerprint density at radius 2 is 1.85 bits per heavy atom. The van der Waals surface area contributed by atoms with Crippen molar-refractivity contribution < 1.29 is 23.9 Å². The largest absolute Gasteiger partial charge is 0.497 e. The average molecular weight is 360 g/mol. The number of amides is 2. The van der Waals surface area contributed by atoms with Crippen LogP contribution in [-0.2, 0) is 19.1 Å². The average Bonchev–Trinajstić information content (AvgIpc) is 3.12. The Labute approximate surface area is 152 Å². The van der Waals surface area contributed by atoms with Gasteiger partial charge in [0.1, 0.15) is 11.3 Å². The molecule has 0 aromatic heterocycles. The van der Waals surface area contributed by atoms with Crippen LogP contribution < -0.4 is 10.1 Å². The molecule has 0 radical (unpaired) electrons. The van der Waals surface area contributed by atoms with Gasteiger partial charge in [-0.15, -0.1) is 0 Å². The number of ether oxygens (including phenoxy) is 2. The van der Waals surface area contributed by atoms with Gasteiger partial charge in [-0.25, -0.2) is 0 Å². The summed E-state index contributed by atoms with van der Waals surface area (Å²) in [6.45, 7) is 3.76. The highest BCUT2D eigenvalue weighted by Crippen LogP contribution is 2.50. The van der Waals surface area contributed by atoms with E-state index in [0.29, 0.717) is 12.2 Å². The van der Waals surface area contributed by atoms with Crippen molar-refractivity contribution in [3.05, 3.63) is 29.8 Å². The second-order valence-electron chi connectivity index (χ2n) is 6.68. The molecule has 140 valence electrons. The number of nitrogens with one attached hydrogen (secondary N) is 1. The van der Waals surface area contributed by atoms with Crippen molar-refractivity contribution in [2.24, 2.45) is 11.8 Å². The molecule has 2 aliphatic rings. The van der Waals surface area contributed by atoms with E-state index in [1.807, 2.05) is 19.1 Å². The maximum atomic E-state index is 12.8. The number of likely N-dealkylation sites (tertiary alicyclic amines) is 1. The fourth-order valence-electron chi connectivity index (χ4n) is 4.16. The van der Waals surface area contributed by atoms with Crippen molar-refractivity contribution in [2.45, 2.75) is 31.8 Å².